The lowest BCUT2D eigenvalue weighted by atomic mass is 10.0. The van der Waals surface area contributed by atoms with E-state index in [0.29, 0.717) is 12.8 Å². The number of esters is 2. The van der Waals surface area contributed by atoms with Crippen molar-refractivity contribution in [2.75, 3.05) is 13.1 Å². The number of aliphatic hydroxyl groups is 1. The number of carbonyl (C=O) groups excluding carboxylic acids is 2. The Balaban J connectivity index is 4.20. The van der Waals surface area contributed by atoms with Crippen molar-refractivity contribution < 1.29 is 31.0 Å². The van der Waals surface area contributed by atoms with Crippen molar-refractivity contribution in [3.05, 3.63) is 36.5 Å². The van der Waals surface area contributed by atoms with E-state index < -0.39 is 31.1 Å². The van der Waals surface area contributed by atoms with Gasteiger partial charge in [-0.2, -0.15) is 0 Å². The number of unbranched alkanes of at least 4 members (excludes halogenated alkanes) is 20. The van der Waals surface area contributed by atoms with Gasteiger partial charge < -0.3 is 14.6 Å². The predicted molar refractivity (Wildman–Crippen MR) is 191 cm³/mol. The zero-order valence-electron chi connectivity index (χ0n) is 34.1. The van der Waals surface area contributed by atoms with Crippen LogP contribution in [-0.4, -0.2) is 36.2 Å². The Morgan fingerprint density at radius 1 is 0.600 bits per heavy atom. The highest BCUT2D eigenvalue weighted by Crippen LogP contribution is 2.14. The van der Waals surface area contributed by atoms with E-state index in [0.717, 1.165) is 89.9 Å². The molecule has 0 aliphatic carbocycles. The molecule has 0 rings (SSSR count). The van der Waals surface area contributed by atoms with Gasteiger partial charge in [-0.3, -0.25) is 9.59 Å². The number of carbonyl (C=O) groups is 2. The molecule has 0 radical (unpaired) electrons. The molecule has 1 N–H and O–H groups in total. The molecule has 0 heterocycles. The molecular formula is C40H72O5. The Kier molecular flexibility index (Phi) is 28.0. The Hall–Kier alpha value is -1.88. The minimum absolute atomic E-state index is 0.109. The molecule has 0 aromatic carbocycles. The standard InChI is InChI=1S/C40H72O5/c1-3-5-7-9-11-13-15-17-19-20-21-23-25-27-29-31-33-35-40(43)45-38(36-41)37-44-39(42)34-32-30-28-26-24-22-18-16-14-12-10-8-6-4-2/h5,7,11,13,17,19,38,41H,3-4,6,8-10,12,14-16,18,20-37H2,1-2H3/b7-5-,13-11-,19-17-/t38-/m0/s1/i36D2,37D2,38D. The van der Waals surface area contributed by atoms with E-state index in [1.165, 1.54) is 57.8 Å². The SMILES string of the molecule is [2H]C([2H])(O)[C@]([2H])(OC(=O)CCCCCCCCC/C=C\C/C=C\C/C=C\CC)C([2H])([2H])OC(=O)CCCCCCCCCCCCCCCC. The topological polar surface area (TPSA) is 72.8 Å². The van der Waals surface area contributed by atoms with E-state index in [4.69, 9.17) is 16.3 Å². The minimum atomic E-state index is -3.61. The molecule has 5 nitrogen and oxygen atoms in total. The maximum atomic E-state index is 12.5. The summed E-state index contributed by atoms with van der Waals surface area (Å²) < 4.78 is 49.4. The second-order valence-corrected chi connectivity index (χ2v) is 12.1. The van der Waals surface area contributed by atoms with Gasteiger partial charge in [-0.1, -0.05) is 166 Å². The first-order valence-corrected chi connectivity index (χ1v) is 18.5. The van der Waals surface area contributed by atoms with E-state index in [2.05, 4.69) is 50.3 Å². The minimum Gasteiger partial charge on any atom is -0.462 e. The van der Waals surface area contributed by atoms with Gasteiger partial charge >= 0.3 is 11.9 Å². The molecule has 45 heavy (non-hydrogen) atoms. The first-order chi connectivity index (χ1) is 23.9. The lowest BCUT2D eigenvalue weighted by Gasteiger charge is -2.15. The third kappa shape index (κ3) is 34.8. The van der Waals surface area contributed by atoms with E-state index in [1.54, 1.807) is 0 Å². The molecule has 0 fully saturated rings. The Labute approximate surface area is 285 Å². The summed E-state index contributed by atoms with van der Waals surface area (Å²) in [5.41, 5.74) is 0. The largest absolute Gasteiger partial charge is 0.462 e. The van der Waals surface area contributed by atoms with Crippen LogP contribution in [0.1, 0.15) is 194 Å². The van der Waals surface area contributed by atoms with E-state index in [-0.39, 0.29) is 12.8 Å². The molecule has 0 saturated carbocycles. The van der Waals surface area contributed by atoms with Crippen LogP contribution in [-0.2, 0) is 19.1 Å². The van der Waals surface area contributed by atoms with Crippen LogP contribution < -0.4 is 0 Å². The number of rotatable bonds is 34. The molecule has 0 aromatic heterocycles. The molecule has 0 spiro atoms. The maximum Gasteiger partial charge on any atom is 0.306 e. The fraction of sp³-hybridized carbons (Fsp3) is 0.800. The van der Waals surface area contributed by atoms with Gasteiger partial charge in [0.25, 0.3) is 0 Å². The van der Waals surface area contributed by atoms with Gasteiger partial charge in [-0.05, 0) is 44.9 Å². The molecule has 0 amide bonds. The number of hydrogen-bond acceptors (Lipinski definition) is 5. The van der Waals surface area contributed by atoms with Crippen LogP contribution in [0, 0.1) is 0 Å². The quantitative estimate of drug-likeness (QED) is 0.0432. The predicted octanol–water partition coefficient (Wildman–Crippen LogP) is 11.7. The van der Waals surface area contributed by atoms with Crippen LogP contribution in [0.15, 0.2) is 36.5 Å². The summed E-state index contributed by atoms with van der Waals surface area (Å²) in [6.45, 7) is -2.65. The lowest BCUT2D eigenvalue weighted by Crippen LogP contribution is -2.28. The van der Waals surface area contributed by atoms with Gasteiger partial charge in [-0.25, -0.2) is 0 Å². The normalized spacial score (nSPS) is 15.5. The van der Waals surface area contributed by atoms with Gasteiger partial charge in [0.2, 0.25) is 0 Å². The van der Waals surface area contributed by atoms with Gasteiger partial charge in [-0.15, -0.1) is 0 Å². The van der Waals surface area contributed by atoms with Crippen LogP contribution in [0.3, 0.4) is 0 Å². The van der Waals surface area contributed by atoms with Gasteiger partial charge in [0.05, 0.1) is 13.4 Å². The molecule has 262 valence electrons. The van der Waals surface area contributed by atoms with E-state index >= 15 is 0 Å². The highest BCUT2D eigenvalue weighted by Gasteiger charge is 2.16. The van der Waals surface area contributed by atoms with Crippen molar-refractivity contribution in [3.63, 3.8) is 0 Å². The lowest BCUT2D eigenvalue weighted by molar-refractivity contribution is -0.161. The van der Waals surface area contributed by atoms with Gasteiger partial charge in [0, 0.05) is 12.8 Å². The van der Waals surface area contributed by atoms with Crippen molar-refractivity contribution in [2.24, 2.45) is 0 Å². The average Bonchev–Trinajstić information content (AvgIpc) is 3.05. The third-order valence-electron chi connectivity index (χ3n) is 7.84. The van der Waals surface area contributed by atoms with Crippen molar-refractivity contribution >= 4 is 11.9 Å². The highest BCUT2D eigenvalue weighted by molar-refractivity contribution is 5.70. The van der Waals surface area contributed by atoms with E-state index in [1.807, 2.05) is 0 Å². The monoisotopic (exact) mass is 638 g/mol. The molecule has 0 aliphatic heterocycles. The van der Waals surface area contributed by atoms with Crippen LogP contribution in [0.5, 0.6) is 0 Å². The van der Waals surface area contributed by atoms with Crippen LogP contribution >= 0.6 is 0 Å². The zero-order valence-corrected chi connectivity index (χ0v) is 29.1. The van der Waals surface area contributed by atoms with Crippen LogP contribution in [0.2, 0.25) is 0 Å². The Bertz CT molecular complexity index is 932. The summed E-state index contributed by atoms with van der Waals surface area (Å²) in [4.78, 5) is 24.9. The maximum absolute atomic E-state index is 12.5. The number of hydrogen-bond donors (Lipinski definition) is 1. The first-order valence-electron chi connectivity index (χ1n) is 21.0. The summed E-state index contributed by atoms with van der Waals surface area (Å²) in [6.07, 6.45) is 36.0. The second-order valence-electron chi connectivity index (χ2n) is 12.1. The Morgan fingerprint density at radius 3 is 1.51 bits per heavy atom. The molecular weight excluding hydrogens is 560 g/mol. The summed E-state index contributed by atoms with van der Waals surface area (Å²) in [5, 5.41) is 9.99. The summed E-state index contributed by atoms with van der Waals surface area (Å²) in [5.74, 6) is -1.99. The zero-order chi connectivity index (χ0) is 37.4. The molecule has 0 bridgehead atoms. The summed E-state index contributed by atoms with van der Waals surface area (Å²) >= 11 is 0. The van der Waals surface area contributed by atoms with Gasteiger partial charge in [0.15, 0.2) is 6.08 Å². The average molecular weight is 638 g/mol. The van der Waals surface area contributed by atoms with Crippen LogP contribution in [0.25, 0.3) is 0 Å². The molecule has 0 saturated heterocycles. The number of ether oxygens (including phenoxy) is 2. The van der Waals surface area contributed by atoms with Crippen molar-refractivity contribution in [3.8, 4) is 0 Å². The van der Waals surface area contributed by atoms with Crippen molar-refractivity contribution in [1.29, 1.82) is 0 Å². The van der Waals surface area contributed by atoms with E-state index in [9.17, 15) is 14.7 Å². The fourth-order valence-electron chi connectivity index (χ4n) is 5.09. The summed E-state index contributed by atoms with van der Waals surface area (Å²) in [6, 6.07) is 0. The third-order valence-corrected chi connectivity index (χ3v) is 7.84. The fourth-order valence-corrected chi connectivity index (χ4v) is 5.09. The molecule has 0 aromatic rings. The van der Waals surface area contributed by atoms with Gasteiger partial charge in [0.1, 0.15) is 6.56 Å². The first kappa shape index (κ1) is 34.5. The number of allylic oxidation sites excluding steroid dienone is 6. The van der Waals surface area contributed by atoms with Crippen LogP contribution in [0.4, 0.5) is 0 Å². The smallest absolute Gasteiger partial charge is 0.306 e. The van der Waals surface area contributed by atoms with Crippen molar-refractivity contribution in [2.45, 2.75) is 193 Å². The molecule has 0 unspecified atom stereocenters. The highest BCUT2D eigenvalue weighted by atomic mass is 16.6. The summed E-state index contributed by atoms with van der Waals surface area (Å²) in [7, 11) is 0. The molecule has 1 atom stereocenters. The molecule has 0 aliphatic rings. The Morgan fingerprint density at radius 2 is 1.02 bits per heavy atom. The molecule has 5 heteroatoms. The second kappa shape index (κ2) is 36.6. The van der Waals surface area contributed by atoms with Crippen molar-refractivity contribution in [1.82, 2.24) is 0 Å².